The molecule has 0 fully saturated rings. The molecule has 0 amide bonds. The second kappa shape index (κ2) is 3.09. The monoisotopic (exact) mass is 220 g/mol. The number of hydrogen-bond acceptors (Lipinski definition) is 2. The SMILES string of the molecule is ClC1=C(Cl)OC(Cl)=C(Cl)O1. The topological polar surface area (TPSA) is 18.5 Å². The van der Waals surface area contributed by atoms with E-state index in [9.17, 15) is 0 Å². The lowest BCUT2D eigenvalue weighted by Gasteiger charge is -2.12. The van der Waals surface area contributed by atoms with E-state index in [0.717, 1.165) is 0 Å². The number of ether oxygens (including phenoxy) is 2. The summed E-state index contributed by atoms with van der Waals surface area (Å²) in [5, 5.41) is -0.515. The molecule has 1 aliphatic rings. The van der Waals surface area contributed by atoms with Gasteiger partial charge in [-0.3, -0.25) is 0 Å². The van der Waals surface area contributed by atoms with E-state index in [1.165, 1.54) is 0 Å². The molecule has 0 spiro atoms. The molecule has 0 aliphatic carbocycles. The maximum absolute atomic E-state index is 5.35. The normalized spacial score (nSPS) is 18.8. The van der Waals surface area contributed by atoms with Crippen LogP contribution in [0.2, 0.25) is 0 Å². The lowest BCUT2D eigenvalue weighted by Crippen LogP contribution is -1.97. The first-order valence-electron chi connectivity index (χ1n) is 2.07. The third-order valence-corrected chi connectivity index (χ3v) is 1.86. The van der Waals surface area contributed by atoms with E-state index in [4.69, 9.17) is 46.4 Å². The second-order valence-electron chi connectivity index (χ2n) is 1.30. The Kier molecular flexibility index (Phi) is 2.58. The third-order valence-electron chi connectivity index (χ3n) is 0.667. The molecular weight excluding hydrogens is 222 g/mol. The van der Waals surface area contributed by atoms with Gasteiger partial charge in [0.2, 0.25) is 20.9 Å². The highest BCUT2D eigenvalue weighted by Crippen LogP contribution is 2.32. The van der Waals surface area contributed by atoms with Crippen molar-refractivity contribution in [3.8, 4) is 0 Å². The van der Waals surface area contributed by atoms with Gasteiger partial charge in [0.05, 0.1) is 0 Å². The lowest BCUT2D eigenvalue weighted by molar-refractivity contribution is 0.246. The van der Waals surface area contributed by atoms with Gasteiger partial charge in [0.1, 0.15) is 0 Å². The molecule has 0 aromatic heterocycles. The summed E-state index contributed by atoms with van der Waals surface area (Å²) in [7, 11) is 0. The molecule has 0 bridgehead atoms. The molecule has 0 unspecified atom stereocenters. The first kappa shape index (κ1) is 8.34. The Hall–Kier alpha value is 0.240. The van der Waals surface area contributed by atoms with Crippen LogP contribution in [0.3, 0.4) is 0 Å². The molecule has 0 saturated carbocycles. The highest BCUT2D eigenvalue weighted by atomic mass is 35.5. The molecule has 0 radical (unpaired) electrons. The summed E-state index contributed by atoms with van der Waals surface area (Å²) < 4.78 is 9.22. The van der Waals surface area contributed by atoms with Gasteiger partial charge < -0.3 is 9.47 Å². The van der Waals surface area contributed by atoms with Crippen LogP contribution in [0.1, 0.15) is 0 Å². The molecule has 0 aromatic carbocycles. The highest BCUT2D eigenvalue weighted by molar-refractivity contribution is 6.41. The minimum Gasteiger partial charge on any atom is -0.423 e. The van der Waals surface area contributed by atoms with Crippen LogP contribution in [0.25, 0.3) is 0 Å². The molecule has 1 heterocycles. The molecule has 1 rings (SSSR count). The van der Waals surface area contributed by atoms with Crippen LogP contribution in [0, 0.1) is 0 Å². The molecule has 0 saturated heterocycles. The van der Waals surface area contributed by atoms with Gasteiger partial charge in [-0.1, -0.05) is 0 Å². The van der Waals surface area contributed by atoms with Gasteiger partial charge in [0, 0.05) is 0 Å². The van der Waals surface area contributed by atoms with Crippen molar-refractivity contribution < 1.29 is 9.47 Å². The predicted molar refractivity (Wildman–Crippen MR) is 39.6 cm³/mol. The standard InChI is InChI=1S/C4Cl4O2/c5-1-2(6)10-4(8)3(7)9-1. The summed E-state index contributed by atoms with van der Waals surface area (Å²) >= 11 is 21.4. The zero-order chi connectivity index (χ0) is 7.72. The van der Waals surface area contributed by atoms with Crippen molar-refractivity contribution in [3.05, 3.63) is 20.9 Å². The van der Waals surface area contributed by atoms with Crippen LogP contribution in [0.15, 0.2) is 20.9 Å². The van der Waals surface area contributed by atoms with Crippen molar-refractivity contribution in [3.63, 3.8) is 0 Å². The van der Waals surface area contributed by atoms with E-state index in [1.54, 1.807) is 0 Å². The van der Waals surface area contributed by atoms with E-state index >= 15 is 0 Å². The van der Waals surface area contributed by atoms with Crippen molar-refractivity contribution in [2.45, 2.75) is 0 Å². The Bertz CT molecular complexity index is 175. The van der Waals surface area contributed by atoms with Crippen molar-refractivity contribution in [1.29, 1.82) is 0 Å². The Balaban J connectivity index is 2.81. The van der Waals surface area contributed by atoms with Crippen LogP contribution in [-0.4, -0.2) is 0 Å². The number of hydrogen-bond donors (Lipinski definition) is 0. The average Bonchev–Trinajstić information content (AvgIpc) is 1.84. The van der Waals surface area contributed by atoms with Crippen LogP contribution in [0.5, 0.6) is 0 Å². The minimum atomic E-state index is -0.129. The first-order chi connectivity index (χ1) is 4.61. The van der Waals surface area contributed by atoms with Crippen LogP contribution < -0.4 is 0 Å². The quantitative estimate of drug-likeness (QED) is 0.626. The predicted octanol–water partition coefficient (Wildman–Crippen LogP) is 3.24. The van der Waals surface area contributed by atoms with E-state index < -0.39 is 0 Å². The molecule has 10 heavy (non-hydrogen) atoms. The van der Waals surface area contributed by atoms with E-state index in [0.29, 0.717) is 0 Å². The van der Waals surface area contributed by atoms with Gasteiger partial charge in [0.25, 0.3) is 0 Å². The molecule has 6 heteroatoms. The van der Waals surface area contributed by atoms with Gasteiger partial charge in [-0.15, -0.1) is 0 Å². The van der Waals surface area contributed by atoms with Gasteiger partial charge in [-0.2, -0.15) is 0 Å². The van der Waals surface area contributed by atoms with Gasteiger partial charge in [-0.25, -0.2) is 0 Å². The maximum atomic E-state index is 5.35. The highest BCUT2D eigenvalue weighted by Gasteiger charge is 2.18. The van der Waals surface area contributed by atoms with Crippen molar-refractivity contribution in [2.24, 2.45) is 0 Å². The van der Waals surface area contributed by atoms with Crippen LogP contribution in [0.4, 0.5) is 0 Å². The number of halogens is 4. The fourth-order valence-corrected chi connectivity index (χ4v) is 0.860. The van der Waals surface area contributed by atoms with Crippen LogP contribution in [-0.2, 0) is 9.47 Å². The molecule has 1 aliphatic heterocycles. The molecule has 2 nitrogen and oxygen atoms in total. The summed E-state index contributed by atoms with van der Waals surface area (Å²) in [5.41, 5.74) is 0. The molecule has 0 N–H and O–H groups in total. The Morgan fingerprint density at radius 1 is 0.600 bits per heavy atom. The third kappa shape index (κ3) is 1.64. The van der Waals surface area contributed by atoms with E-state index in [2.05, 4.69) is 9.47 Å². The Morgan fingerprint density at radius 2 is 0.800 bits per heavy atom. The van der Waals surface area contributed by atoms with E-state index in [-0.39, 0.29) is 20.9 Å². The molecule has 0 aromatic rings. The van der Waals surface area contributed by atoms with Crippen LogP contribution >= 0.6 is 46.4 Å². The smallest absolute Gasteiger partial charge is 0.250 e. The Labute approximate surface area is 76.9 Å². The Morgan fingerprint density at radius 3 is 1.00 bits per heavy atom. The summed E-state index contributed by atoms with van der Waals surface area (Å²) in [6.07, 6.45) is 0. The van der Waals surface area contributed by atoms with Gasteiger partial charge in [-0.05, 0) is 46.4 Å². The fraction of sp³-hybridized carbons (Fsp3) is 0. The minimum absolute atomic E-state index is 0.129. The average molecular weight is 222 g/mol. The van der Waals surface area contributed by atoms with Crippen molar-refractivity contribution >= 4 is 46.4 Å². The van der Waals surface area contributed by atoms with Gasteiger partial charge in [0.15, 0.2) is 0 Å². The summed E-state index contributed by atoms with van der Waals surface area (Å²) in [5.74, 6) is 0. The van der Waals surface area contributed by atoms with E-state index in [1.807, 2.05) is 0 Å². The van der Waals surface area contributed by atoms with Crippen molar-refractivity contribution in [1.82, 2.24) is 0 Å². The summed E-state index contributed by atoms with van der Waals surface area (Å²) in [4.78, 5) is 0. The summed E-state index contributed by atoms with van der Waals surface area (Å²) in [6.45, 7) is 0. The lowest BCUT2D eigenvalue weighted by atomic mass is 10.9. The van der Waals surface area contributed by atoms with Gasteiger partial charge >= 0.3 is 0 Å². The molecule has 56 valence electrons. The largest absolute Gasteiger partial charge is 0.423 e. The molecule has 0 atom stereocenters. The summed E-state index contributed by atoms with van der Waals surface area (Å²) in [6, 6.07) is 0. The first-order valence-corrected chi connectivity index (χ1v) is 3.58. The zero-order valence-electron chi connectivity index (χ0n) is 4.33. The molecular formula is C4Cl4O2. The maximum Gasteiger partial charge on any atom is 0.250 e. The fourth-order valence-electron chi connectivity index (χ4n) is 0.318. The zero-order valence-corrected chi connectivity index (χ0v) is 7.35. The second-order valence-corrected chi connectivity index (χ2v) is 2.67. The van der Waals surface area contributed by atoms with Crippen molar-refractivity contribution in [2.75, 3.05) is 0 Å². The number of rotatable bonds is 0.